The lowest BCUT2D eigenvalue weighted by molar-refractivity contribution is -0.299. The van der Waals surface area contributed by atoms with E-state index in [0.29, 0.717) is 0 Å². The number of benzene rings is 3. The highest BCUT2D eigenvalue weighted by Gasteiger charge is 2.52. The molecule has 3 aromatic carbocycles. The molecule has 0 aliphatic carbocycles. The lowest BCUT2D eigenvalue weighted by atomic mass is 9.80. The van der Waals surface area contributed by atoms with Gasteiger partial charge in [-0.25, -0.2) is 0 Å². The second-order valence-electron chi connectivity index (χ2n) is 9.38. The highest BCUT2D eigenvalue weighted by Crippen LogP contribution is 2.41. The highest BCUT2D eigenvalue weighted by molar-refractivity contribution is 5.68. The van der Waals surface area contributed by atoms with Gasteiger partial charge < -0.3 is 28.8 Å². The van der Waals surface area contributed by atoms with Gasteiger partial charge in [-0.05, 0) is 16.7 Å². The average molecular weight is 549 g/mol. The van der Waals surface area contributed by atoms with Gasteiger partial charge in [0.25, 0.3) is 0 Å². The van der Waals surface area contributed by atoms with E-state index in [1.54, 1.807) is 0 Å². The summed E-state index contributed by atoms with van der Waals surface area (Å²) in [6.07, 6.45) is -6.82. The summed E-state index contributed by atoms with van der Waals surface area (Å²) >= 11 is 0. The largest absolute Gasteiger partial charge is 0.456 e. The summed E-state index contributed by atoms with van der Waals surface area (Å²) in [5.41, 5.74) is 1.33. The third kappa shape index (κ3) is 6.39. The summed E-state index contributed by atoms with van der Waals surface area (Å²) in [6, 6.07) is 28.8. The molecule has 40 heavy (non-hydrogen) atoms. The first-order valence-corrected chi connectivity index (χ1v) is 12.9. The molecule has 9 nitrogen and oxygen atoms in total. The molecule has 4 rings (SSSR count). The van der Waals surface area contributed by atoms with Gasteiger partial charge >= 0.3 is 17.9 Å². The molecule has 1 aliphatic rings. The van der Waals surface area contributed by atoms with Gasteiger partial charge in [0, 0.05) is 20.8 Å². The maximum atomic E-state index is 12.1. The maximum absolute atomic E-state index is 12.1. The monoisotopic (exact) mass is 548 g/mol. The summed E-state index contributed by atoms with van der Waals surface area (Å²) in [7, 11) is 0. The van der Waals surface area contributed by atoms with Gasteiger partial charge in [0.05, 0.1) is 6.61 Å². The number of aliphatic hydroxyl groups is 1. The highest BCUT2D eigenvalue weighted by atomic mass is 16.7. The Morgan fingerprint density at radius 1 is 0.650 bits per heavy atom. The van der Waals surface area contributed by atoms with E-state index in [2.05, 4.69) is 0 Å². The molecule has 0 bridgehead atoms. The van der Waals surface area contributed by atoms with Crippen molar-refractivity contribution in [2.75, 3.05) is 6.61 Å². The van der Waals surface area contributed by atoms with Crippen molar-refractivity contribution in [3.8, 4) is 0 Å². The van der Waals surface area contributed by atoms with Gasteiger partial charge in [-0.1, -0.05) is 91.0 Å². The number of carbonyl (C=O) groups excluding carboxylic acids is 3. The van der Waals surface area contributed by atoms with Crippen LogP contribution in [0.5, 0.6) is 0 Å². The van der Waals surface area contributed by atoms with E-state index in [1.807, 2.05) is 91.0 Å². The molecule has 3 aromatic rings. The summed E-state index contributed by atoms with van der Waals surface area (Å²) < 4.78 is 28.8. The first-order valence-electron chi connectivity index (χ1n) is 12.9. The van der Waals surface area contributed by atoms with E-state index in [4.69, 9.17) is 23.7 Å². The minimum Gasteiger partial charge on any atom is -0.456 e. The van der Waals surface area contributed by atoms with E-state index < -0.39 is 54.2 Å². The lowest BCUT2D eigenvalue weighted by Gasteiger charge is -2.44. The molecular formula is C31H32O9. The topological polar surface area (TPSA) is 118 Å². The first-order chi connectivity index (χ1) is 19.2. The van der Waals surface area contributed by atoms with Crippen molar-refractivity contribution in [1.29, 1.82) is 0 Å². The molecule has 1 N–H and O–H groups in total. The van der Waals surface area contributed by atoms with Crippen LogP contribution in [0.25, 0.3) is 0 Å². The van der Waals surface area contributed by atoms with Crippen LogP contribution >= 0.6 is 0 Å². The molecule has 5 atom stereocenters. The molecule has 1 heterocycles. The molecular weight excluding hydrogens is 516 g/mol. The Kier molecular flexibility index (Phi) is 9.31. The summed E-state index contributed by atoms with van der Waals surface area (Å²) in [4.78, 5) is 35.9. The van der Waals surface area contributed by atoms with E-state index in [9.17, 15) is 19.5 Å². The number of aliphatic hydroxyl groups excluding tert-OH is 1. The number of hydrogen-bond acceptors (Lipinski definition) is 9. The molecule has 1 aliphatic heterocycles. The van der Waals surface area contributed by atoms with Crippen LogP contribution in [-0.2, 0) is 43.7 Å². The van der Waals surface area contributed by atoms with Crippen LogP contribution in [0.15, 0.2) is 91.0 Å². The second kappa shape index (κ2) is 12.9. The molecule has 0 aromatic heterocycles. The fourth-order valence-corrected chi connectivity index (χ4v) is 4.98. The first kappa shape index (κ1) is 28.9. The SMILES string of the molecule is CC(=O)OC1C(OC(C)=O)[C@@H](O)OC(COC(c2ccccc2)(c2ccccc2)c2ccccc2)[C@H]1OC(C)=O. The lowest BCUT2D eigenvalue weighted by Crippen LogP contribution is -2.62. The minimum absolute atomic E-state index is 0.210. The van der Waals surface area contributed by atoms with Crippen molar-refractivity contribution in [3.63, 3.8) is 0 Å². The van der Waals surface area contributed by atoms with Crippen LogP contribution in [0.1, 0.15) is 37.5 Å². The van der Waals surface area contributed by atoms with Gasteiger partial charge in [-0.2, -0.15) is 0 Å². The molecule has 3 unspecified atom stereocenters. The Hall–Kier alpha value is -4.05. The van der Waals surface area contributed by atoms with Gasteiger partial charge in [0.2, 0.25) is 0 Å². The second-order valence-corrected chi connectivity index (χ2v) is 9.38. The quantitative estimate of drug-likeness (QED) is 0.244. The molecule has 0 radical (unpaired) electrons. The van der Waals surface area contributed by atoms with Crippen LogP contribution in [0.4, 0.5) is 0 Å². The summed E-state index contributed by atoms with van der Waals surface area (Å²) in [6.45, 7) is 3.28. The van der Waals surface area contributed by atoms with Crippen molar-refractivity contribution in [2.45, 2.75) is 57.1 Å². The van der Waals surface area contributed by atoms with Crippen LogP contribution in [0.2, 0.25) is 0 Å². The predicted molar refractivity (Wildman–Crippen MR) is 143 cm³/mol. The standard InChI is InChI=1S/C31H32O9/c1-20(32)37-27-26(40-30(35)29(39-22(3)34)28(27)38-21(2)33)19-36-31(23-13-7-4-8-14-23,24-15-9-5-10-16-24)25-17-11-6-12-18-25/h4-18,26-30,35H,19H2,1-3H3/t26?,27-,28?,29?,30+/m1/s1. The Bertz CT molecular complexity index is 1180. The molecule has 0 spiro atoms. The Balaban J connectivity index is 1.79. The van der Waals surface area contributed by atoms with Crippen molar-refractivity contribution in [1.82, 2.24) is 0 Å². The van der Waals surface area contributed by atoms with E-state index in [-0.39, 0.29) is 6.61 Å². The van der Waals surface area contributed by atoms with E-state index >= 15 is 0 Å². The van der Waals surface area contributed by atoms with Crippen molar-refractivity contribution in [3.05, 3.63) is 108 Å². The fraction of sp³-hybridized carbons (Fsp3) is 0.323. The van der Waals surface area contributed by atoms with Crippen LogP contribution in [0, 0.1) is 0 Å². The summed E-state index contributed by atoms with van der Waals surface area (Å²) in [5.74, 6) is -2.15. The number of ether oxygens (including phenoxy) is 5. The smallest absolute Gasteiger partial charge is 0.303 e. The maximum Gasteiger partial charge on any atom is 0.303 e. The number of rotatable bonds is 9. The van der Waals surface area contributed by atoms with Gasteiger partial charge in [0.15, 0.2) is 24.6 Å². The third-order valence-corrected chi connectivity index (χ3v) is 6.52. The molecule has 9 heteroatoms. The molecule has 210 valence electrons. The molecule has 1 fully saturated rings. The predicted octanol–water partition coefficient (Wildman–Crippen LogP) is 3.51. The zero-order valence-corrected chi connectivity index (χ0v) is 22.5. The third-order valence-electron chi connectivity index (χ3n) is 6.52. The van der Waals surface area contributed by atoms with Crippen molar-refractivity contribution >= 4 is 17.9 Å². The van der Waals surface area contributed by atoms with Crippen LogP contribution in [0.3, 0.4) is 0 Å². The number of carbonyl (C=O) groups is 3. The van der Waals surface area contributed by atoms with Crippen LogP contribution in [-0.4, -0.2) is 60.3 Å². The Morgan fingerprint density at radius 2 is 1.02 bits per heavy atom. The van der Waals surface area contributed by atoms with E-state index in [1.165, 1.54) is 6.92 Å². The molecule has 1 saturated heterocycles. The zero-order valence-electron chi connectivity index (χ0n) is 22.5. The van der Waals surface area contributed by atoms with Crippen molar-refractivity contribution in [2.24, 2.45) is 0 Å². The minimum atomic E-state index is -1.69. The number of esters is 3. The Labute approximate surface area is 232 Å². The van der Waals surface area contributed by atoms with Crippen LogP contribution < -0.4 is 0 Å². The van der Waals surface area contributed by atoms with Gasteiger partial charge in [0.1, 0.15) is 11.7 Å². The molecule has 0 saturated carbocycles. The normalized spacial score (nSPS) is 22.6. The van der Waals surface area contributed by atoms with Crippen molar-refractivity contribution < 1.29 is 43.2 Å². The van der Waals surface area contributed by atoms with Gasteiger partial charge in [-0.3, -0.25) is 14.4 Å². The number of hydrogen-bond donors (Lipinski definition) is 1. The average Bonchev–Trinajstić information content (AvgIpc) is 2.94. The summed E-state index contributed by atoms with van der Waals surface area (Å²) in [5, 5.41) is 10.8. The van der Waals surface area contributed by atoms with E-state index in [0.717, 1.165) is 30.5 Å². The van der Waals surface area contributed by atoms with Gasteiger partial charge in [-0.15, -0.1) is 0 Å². The molecule has 0 amide bonds. The zero-order chi connectivity index (χ0) is 28.7. The fourth-order valence-electron chi connectivity index (χ4n) is 4.98. The Morgan fingerprint density at radius 3 is 1.43 bits per heavy atom.